The molecule has 132 valence electrons. The second-order valence-corrected chi connectivity index (χ2v) is 8.69. The Kier molecular flexibility index (Phi) is 5.57. The lowest BCUT2D eigenvalue weighted by molar-refractivity contribution is 0.216. The monoisotopic (exact) mass is 378 g/mol. The molecule has 3 aromatic carbocycles. The molecule has 0 N–H and O–H groups in total. The zero-order valence-corrected chi connectivity index (χ0v) is 16.3. The second-order valence-electron chi connectivity index (χ2n) is 6.87. The highest BCUT2D eigenvalue weighted by atomic mass is 32.2. The number of rotatable bonds is 5. The third-order valence-electron chi connectivity index (χ3n) is 4.93. The lowest BCUT2D eigenvalue weighted by atomic mass is 9.93. The largest absolute Gasteiger partial charge is 0.493 e. The fourth-order valence-corrected chi connectivity index (χ4v) is 4.53. The molecule has 0 spiro atoms. The zero-order valence-electron chi connectivity index (χ0n) is 14.7. The number of thiocarbonyl (C=S) groups is 1. The van der Waals surface area contributed by atoms with Gasteiger partial charge >= 0.3 is 0 Å². The standard InChI is InChI=1S/C23H22OS2/c25-23(12-10-17-13-21-7-3-4-8-22(21)24-15-17)26-16-18-9-11-19-5-1-2-6-20(19)14-18/h1-9,11,14,17H,10,12-13,15-16H2. The van der Waals surface area contributed by atoms with Crippen molar-refractivity contribution in [3.8, 4) is 5.75 Å². The van der Waals surface area contributed by atoms with Gasteiger partial charge in [0.2, 0.25) is 0 Å². The van der Waals surface area contributed by atoms with Crippen LogP contribution in [0.15, 0.2) is 66.7 Å². The van der Waals surface area contributed by atoms with Crippen molar-refractivity contribution in [3.05, 3.63) is 77.9 Å². The maximum atomic E-state index is 5.89. The van der Waals surface area contributed by atoms with Crippen LogP contribution in [0.1, 0.15) is 24.0 Å². The van der Waals surface area contributed by atoms with Gasteiger partial charge in [-0.25, -0.2) is 0 Å². The SMILES string of the molecule is S=C(CCC1COc2ccccc2C1)SCc1ccc2ccccc2c1. The van der Waals surface area contributed by atoms with Gasteiger partial charge in [-0.15, -0.1) is 11.8 Å². The van der Waals surface area contributed by atoms with Gasteiger partial charge in [0.15, 0.2) is 0 Å². The molecule has 3 heteroatoms. The van der Waals surface area contributed by atoms with Gasteiger partial charge in [-0.1, -0.05) is 72.9 Å². The van der Waals surface area contributed by atoms with Crippen LogP contribution in [0.3, 0.4) is 0 Å². The lowest BCUT2D eigenvalue weighted by Gasteiger charge is -2.25. The van der Waals surface area contributed by atoms with Crippen molar-refractivity contribution in [2.75, 3.05) is 6.61 Å². The molecule has 26 heavy (non-hydrogen) atoms. The minimum Gasteiger partial charge on any atom is -0.493 e. The summed E-state index contributed by atoms with van der Waals surface area (Å²) in [5.74, 6) is 2.58. The Labute approximate surface area is 164 Å². The van der Waals surface area contributed by atoms with Crippen molar-refractivity contribution in [2.24, 2.45) is 5.92 Å². The number of ether oxygens (including phenoxy) is 1. The van der Waals surface area contributed by atoms with Crippen LogP contribution in [0.4, 0.5) is 0 Å². The quantitative estimate of drug-likeness (QED) is 0.473. The molecule has 0 aromatic heterocycles. The highest BCUT2D eigenvalue weighted by Crippen LogP contribution is 2.30. The van der Waals surface area contributed by atoms with Gasteiger partial charge in [-0.3, -0.25) is 0 Å². The summed E-state index contributed by atoms with van der Waals surface area (Å²) in [7, 11) is 0. The van der Waals surface area contributed by atoms with E-state index in [1.165, 1.54) is 21.9 Å². The van der Waals surface area contributed by atoms with E-state index in [0.717, 1.165) is 41.6 Å². The summed E-state index contributed by atoms with van der Waals surface area (Å²) in [5, 5.41) is 2.59. The molecule has 1 atom stereocenters. The molecule has 3 aromatic rings. The predicted octanol–water partition coefficient (Wildman–Crippen LogP) is 6.43. The molecule has 1 unspecified atom stereocenters. The maximum absolute atomic E-state index is 5.89. The highest BCUT2D eigenvalue weighted by molar-refractivity contribution is 8.22. The molecule has 0 amide bonds. The lowest BCUT2D eigenvalue weighted by Crippen LogP contribution is -2.21. The van der Waals surface area contributed by atoms with Crippen molar-refractivity contribution in [1.82, 2.24) is 0 Å². The maximum Gasteiger partial charge on any atom is 0.122 e. The van der Waals surface area contributed by atoms with Crippen LogP contribution in [-0.4, -0.2) is 10.8 Å². The van der Waals surface area contributed by atoms with E-state index in [4.69, 9.17) is 17.0 Å². The molecule has 0 radical (unpaired) electrons. The van der Waals surface area contributed by atoms with Crippen molar-refractivity contribution < 1.29 is 4.74 Å². The van der Waals surface area contributed by atoms with Crippen LogP contribution < -0.4 is 4.74 Å². The first-order valence-corrected chi connectivity index (χ1v) is 10.5. The fraction of sp³-hybridized carbons (Fsp3) is 0.261. The summed E-state index contributed by atoms with van der Waals surface area (Å²) in [6, 6.07) is 23.6. The van der Waals surface area contributed by atoms with Crippen LogP contribution in [0.25, 0.3) is 10.8 Å². The summed E-state index contributed by atoms with van der Waals surface area (Å²) >= 11 is 7.42. The Bertz CT molecular complexity index is 919. The first-order chi connectivity index (χ1) is 12.8. The number of benzene rings is 3. The second kappa shape index (κ2) is 8.24. The van der Waals surface area contributed by atoms with Gasteiger partial charge in [0.05, 0.1) is 6.61 Å². The first-order valence-electron chi connectivity index (χ1n) is 9.12. The Morgan fingerprint density at radius 2 is 1.81 bits per heavy atom. The Morgan fingerprint density at radius 3 is 2.73 bits per heavy atom. The minimum atomic E-state index is 0.573. The van der Waals surface area contributed by atoms with E-state index in [9.17, 15) is 0 Å². The minimum absolute atomic E-state index is 0.573. The molecule has 1 aliphatic rings. The van der Waals surface area contributed by atoms with Crippen molar-refractivity contribution in [3.63, 3.8) is 0 Å². The normalized spacial score (nSPS) is 16.1. The topological polar surface area (TPSA) is 9.23 Å². The van der Waals surface area contributed by atoms with E-state index in [2.05, 4.69) is 60.7 Å². The summed E-state index contributed by atoms with van der Waals surface area (Å²) in [5.41, 5.74) is 2.67. The van der Waals surface area contributed by atoms with Crippen LogP contribution >= 0.6 is 24.0 Å². The van der Waals surface area contributed by atoms with Crippen LogP contribution in [0.5, 0.6) is 5.75 Å². The Balaban J connectivity index is 1.26. The summed E-state index contributed by atoms with van der Waals surface area (Å²) < 4.78 is 7.00. The smallest absolute Gasteiger partial charge is 0.122 e. The molecular weight excluding hydrogens is 356 g/mol. The molecule has 0 saturated carbocycles. The van der Waals surface area contributed by atoms with Crippen molar-refractivity contribution in [1.29, 1.82) is 0 Å². The van der Waals surface area contributed by atoms with Gasteiger partial charge in [0, 0.05) is 9.95 Å². The molecule has 0 fully saturated rings. The molecule has 4 rings (SSSR count). The number of para-hydroxylation sites is 1. The van der Waals surface area contributed by atoms with E-state index in [1.54, 1.807) is 11.8 Å². The van der Waals surface area contributed by atoms with E-state index < -0.39 is 0 Å². The molecule has 1 aliphatic heterocycles. The third kappa shape index (κ3) is 4.28. The van der Waals surface area contributed by atoms with E-state index >= 15 is 0 Å². The molecule has 0 saturated heterocycles. The average Bonchev–Trinajstić information content (AvgIpc) is 2.70. The van der Waals surface area contributed by atoms with Crippen molar-refractivity contribution >= 4 is 38.9 Å². The van der Waals surface area contributed by atoms with Gasteiger partial charge in [0.1, 0.15) is 5.75 Å². The molecule has 0 bridgehead atoms. The fourth-order valence-electron chi connectivity index (χ4n) is 3.46. The molecule has 0 aliphatic carbocycles. The summed E-state index contributed by atoms with van der Waals surface area (Å²) in [4.78, 5) is 0. The van der Waals surface area contributed by atoms with Crippen LogP contribution in [0, 0.1) is 5.92 Å². The van der Waals surface area contributed by atoms with E-state index in [1.807, 2.05) is 6.07 Å². The predicted molar refractivity (Wildman–Crippen MR) is 116 cm³/mol. The number of thioether (sulfide) groups is 1. The average molecular weight is 379 g/mol. The van der Waals surface area contributed by atoms with Crippen LogP contribution in [0.2, 0.25) is 0 Å². The number of hydrogen-bond donors (Lipinski definition) is 0. The van der Waals surface area contributed by atoms with Gasteiger partial charge in [0.25, 0.3) is 0 Å². The van der Waals surface area contributed by atoms with Gasteiger partial charge < -0.3 is 4.74 Å². The van der Waals surface area contributed by atoms with Crippen LogP contribution in [-0.2, 0) is 12.2 Å². The Morgan fingerprint density at radius 1 is 1.00 bits per heavy atom. The molecule has 1 heterocycles. The summed E-state index contributed by atoms with van der Waals surface area (Å²) in [6.45, 7) is 0.814. The molecular formula is C23H22OS2. The Hall–Kier alpha value is -1.84. The highest BCUT2D eigenvalue weighted by Gasteiger charge is 2.19. The third-order valence-corrected chi connectivity index (χ3v) is 6.49. The first kappa shape index (κ1) is 17.6. The van der Waals surface area contributed by atoms with Gasteiger partial charge in [-0.2, -0.15) is 0 Å². The number of hydrogen-bond acceptors (Lipinski definition) is 3. The van der Waals surface area contributed by atoms with Crippen molar-refractivity contribution in [2.45, 2.75) is 25.0 Å². The van der Waals surface area contributed by atoms with E-state index in [-0.39, 0.29) is 0 Å². The van der Waals surface area contributed by atoms with Gasteiger partial charge in [-0.05, 0) is 53.1 Å². The van der Waals surface area contributed by atoms with E-state index in [0.29, 0.717) is 5.92 Å². The zero-order chi connectivity index (χ0) is 17.8. The molecule has 1 nitrogen and oxygen atoms in total. The number of fused-ring (bicyclic) bond motifs is 2. The summed E-state index contributed by atoms with van der Waals surface area (Å²) in [6.07, 6.45) is 3.20.